The van der Waals surface area contributed by atoms with E-state index in [0.717, 1.165) is 6.07 Å². The van der Waals surface area contributed by atoms with Crippen LogP contribution in [0.2, 0.25) is 0 Å². The summed E-state index contributed by atoms with van der Waals surface area (Å²) in [7, 11) is 1.61. The molecule has 0 aromatic heterocycles. The number of nitrogens with one attached hydrogen (secondary N) is 1. The Balaban J connectivity index is 2.74. The van der Waals surface area contributed by atoms with Crippen LogP contribution in [0.4, 0.5) is 11.4 Å². The van der Waals surface area contributed by atoms with Gasteiger partial charge in [0.05, 0.1) is 15.9 Å². The van der Waals surface area contributed by atoms with Crippen molar-refractivity contribution >= 4 is 11.4 Å². The molecule has 8 heteroatoms. The largest absolute Gasteiger partial charge is 0.384 e. The van der Waals surface area contributed by atoms with Gasteiger partial charge in [0.25, 0.3) is 11.4 Å². The zero-order valence-corrected chi connectivity index (χ0v) is 11.4. The highest BCUT2D eigenvalue weighted by molar-refractivity contribution is 5.49. The second-order valence-electron chi connectivity index (χ2n) is 4.52. The Morgan fingerprint density at radius 2 is 2.00 bits per heavy atom. The molecule has 0 spiro atoms. The summed E-state index contributed by atoms with van der Waals surface area (Å²) in [6.07, 6.45) is 0. The van der Waals surface area contributed by atoms with E-state index in [-0.39, 0.29) is 23.8 Å². The Morgan fingerprint density at radius 1 is 1.30 bits per heavy atom. The number of nitro groups is 2. The third-order valence-electron chi connectivity index (χ3n) is 2.74. The minimum atomic E-state index is -0.648. The predicted molar refractivity (Wildman–Crippen MR) is 72.5 cm³/mol. The van der Waals surface area contributed by atoms with Gasteiger partial charge in [0.2, 0.25) is 0 Å². The second-order valence-corrected chi connectivity index (χ2v) is 4.52. The fraction of sp³-hybridized carbons (Fsp3) is 0.500. The molecule has 1 atom stereocenters. The van der Waals surface area contributed by atoms with Crippen LogP contribution in [-0.4, -0.2) is 30.1 Å². The first kappa shape index (κ1) is 16.0. The fourth-order valence-corrected chi connectivity index (χ4v) is 1.78. The quantitative estimate of drug-likeness (QED) is 0.576. The highest BCUT2D eigenvalue weighted by Crippen LogP contribution is 2.24. The molecule has 0 amide bonds. The number of ether oxygens (including phenoxy) is 1. The Bertz CT molecular complexity index is 492. The molecule has 1 aromatic carbocycles. The van der Waals surface area contributed by atoms with Crippen LogP contribution in [0.25, 0.3) is 0 Å². The molecule has 0 fully saturated rings. The first-order valence-electron chi connectivity index (χ1n) is 6.07. The van der Waals surface area contributed by atoms with E-state index in [1.165, 1.54) is 12.1 Å². The molecule has 8 nitrogen and oxygen atoms in total. The third kappa shape index (κ3) is 4.56. The lowest BCUT2D eigenvalue weighted by Gasteiger charge is -2.11. The lowest BCUT2D eigenvalue weighted by molar-refractivity contribution is -0.394. The highest BCUT2D eigenvalue weighted by Gasteiger charge is 2.18. The van der Waals surface area contributed by atoms with Crippen LogP contribution in [-0.2, 0) is 11.3 Å². The summed E-state index contributed by atoms with van der Waals surface area (Å²) in [5.74, 6) is 0.275. The Hall–Kier alpha value is -2.06. The minimum Gasteiger partial charge on any atom is -0.384 e. The lowest BCUT2D eigenvalue weighted by atomic mass is 10.1. The van der Waals surface area contributed by atoms with E-state index in [4.69, 9.17) is 4.74 Å². The monoisotopic (exact) mass is 283 g/mol. The minimum absolute atomic E-state index is 0.244. The number of methoxy groups -OCH3 is 1. The van der Waals surface area contributed by atoms with Gasteiger partial charge in [-0.15, -0.1) is 0 Å². The fourth-order valence-electron chi connectivity index (χ4n) is 1.78. The molecular formula is C12H17N3O5. The van der Waals surface area contributed by atoms with Gasteiger partial charge in [-0.05, 0) is 12.0 Å². The second kappa shape index (κ2) is 7.51. The molecule has 0 aliphatic heterocycles. The summed E-state index contributed by atoms with van der Waals surface area (Å²) in [6.45, 7) is 3.50. The van der Waals surface area contributed by atoms with Gasteiger partial charge in [0, 0.05) is 38.4 Å². The van der Waals surface area contributed by atoms with Gasteiger partial charge in [0.15, 0.2) is 0 Å². The maximum absolute atomic E-state index is 10.9. The standard InChI is InChI=1S/C12H17N3O5/c1-9(8-20-2)6-13-7-10-3-4-11(14(16)17)5-12(10)15(18)19/h3-5,9,13H,6-8H2,1-2H3. The molecule has 1 rings (SSSR count). The summed E-state index contributed by atoms with van der Waals surface area (Å²) in [6, 6.07) is 3.66. The van der Waals surface area contributed by atoms with Crippen LogP contribution in [0, 0.1) is 26.1 Å². The van der Waals surface area contributed by atoms with E-state index in [1.54, 1.807) is 7.11 Å². The van der Waals surface area contributed by atoms with E-state index in [9.17, 15) is 20.2 Å². The van der Waals surface area contributed by atoms with E-state index in [1.807, 2.05) is 6.92 Å². The molecule has 0 heterocycles. The van der Waals surface area contributed by atoms with Gasteiger partial charge in [-0.1, -0.05) is 6.92 Å². The van der Waals surface area contributed by atoms with Crippen LogP contribution < -0.4 is 5.32 Å². The third-order valence-corrected chi connectivity index (χ3v) is 2.74. The highest BCUT2D eigenvalue weighted by atomic mass is 16.6. The molecule has 1 N–H and O–H groups in total. The number of hydrogen-bond acceptors (Lipinski definition) is 6. The summed E-state index contributed by atoms with van der Waals surface area (Å²) < 4.78 is 4.99. The van der Waals surface area contributed by atoms with Crippen molar-refractivity contribution < 1.29 is 14.6 Å². The first-order valence-corrected chi connectivity index (χ1v) is 6.07. The zero-order chi connectivity index (χ0) is 15.1. The molecule has 0 aliphatic carbocycles. The van der Waals surface area contributed by atoms with Crippen molar-refractivity contribution in [1.82, 2.24) is 5.32 Å². The first-order chi connectivity index (χ1) is 9.45. The van der Waals surface area contributed by atoms with Crippen LogP contribution in [0.3, 0.4) is 0 Å². The number of non-ortho nitro benzene ring substituents is 1. The van der Waals surface area contributed by atoms with E-state index in [2.05, 4.69) is 5.32 Å². The average molecular weight is 283 g/mol. The summed E-state index contributed by atoms with van der Waals surface area (Å²) >= 11 is 0. The van der Waals surface area contributed by atoms with E-state index >= 15 is 0 Å². The molecule has 1 unspecified atom stereocenters. The van der Waals surface area contributed by atoms with Crippen molar-refractivity contribution in [2.45, 2.75) is 13.5 Å². The van der Waals surface area contributed by atoms with Crippen LogP contribution in [0.5, 0.6) is 0 Å². The topological polar surface area (TPSA) is 108 Å². The van der Waals surface area contributed by atoms with Crippen molar-refractivity contribution in [1.29, 1.82) is 0 Å². The number of rotatable bonds is 8. The van der Waals surface area contributed by atoms with Gasteiger partial charge in [-0.3, -0.25) is 20.2 Å². The van der Waals surface area contributed by atoms with Crippen molar-refractivity contribution in [3.8, 4) is 0 Å². The molecule has 1 aromatic rings. The summed E-state index contributed by atoms with van der Waals surface area (Å²) in [5.41, 5.74) is -0.107. The molecule has 110 valence electrons. The van der Waals surface area contributed by atoms with Crippen LogP contribution in [0.15, 0.2) is 18.2 Å². The Morgan fingerprint density at radius 3 is 2.55 bits per heavy atom. The van der Waals surface area contributed by atoms with Crippen LogP contribution in [0.1, 0.15) is 12.5 Å². The molecule has 0 saturated heterocycles. The zero-order valence-electron chi connectivity index (χ0n) is 11.4. The summed E-state index contributed by atoms with van der Waals surface area (Å²) in [4.78, 5) is 20.3. The molecule has 0 saturated carbocycles. The average Bonchev–Trinajstić information content (AvgIpc) is 2.38. The van der Waals surface area contributed by atoms with Gasteiger partial charge in [0.1, 0.15) is 0 Å². The maximum Gasteiger partial charge on any atom is 0.280 e. The molecule has 0 radical (unpaired) electrons. The number of hydrogen-bond donors (Lipinski definition) is 1. The smallest absolute Gasteiger partial charge is 0.280 e. The van der Waals surface area contributed by atoms with Gasteiger partial charge in [-0.25, -0.2) is 0 Å². The number of nitrogens with zero attached hydrogens (tertiary/aromatic N) is 2. The van der Waals surface area contributed by atoms with Gasteiger partial charge < -0.3 is 10.1 Å². The van der Waals surface area contributed by atoms with E-state index < -0.39 is 9.85 Å². The normalized spacial score (nSPS) is 12.1. The molecular weight excluding hydrogens is 266 g/mol. The molecule has 20 heavy (non-hydrogen) atoms. The number of benzene rings is 1. The van der Waals surface area contributed by atoms with Crippen molar-refractivity contribution in [2.75, 3.05) is 20.3 Å². The summed E-state index contributed by atoms with van der Waals surface area (Å²) in [5, 5.41) is 24.6. The van der Waals surface area contributed by atoms with E-state index in [0.29, 0.717) is 18.7 Å². The SMILES string of the molecule is COCC(C)CNCc1ccc([N+](=O)[O-])cc1[N+](=O)[O-]. The van der Waals surface area contributed by atoms with Crippen molar-refractivity contribution in [3.63, 3.8) is 0 Å². The maximum atomic E-state index is 10.9. The lowest BCUT2D eigenvalue weighted by Crippen LogP contribution is -2.23. The molecule has 0 aliphatic rings. The molecule has 0 bridgehead atoms. The van der Waals surface area contributed by atoms with Crippen molar-refractivity contribution in [2.24, 2.45) is 5.92 Å². The predicted octanol–water partition coefficient (Wildman–Crippen LogP) is 1.88. The van der Waals surface area contributed by atoms with Crippen molar-refractivity contribution in [3.05, 3.63) is 44.0 Å². The number of nitro benzene ring substituents is 2. The Labute approximate surface area is 116 Å². The Kier molecular flexibility index (Phi) is 6.01. The van der Waals surface area contributed by atoms with Gasteiger partial charge >= 0.3 is 0 Å². The van der Waals surface area contributed by atoms with Gasteiger partial charge in [-0.2, -0.15) is 0 Å². The van der Waals surface area contributed by atoms with Crippen LogP contribution >= 0.6 is 0 Å².